The molecule has 3 rings (SSSR count). The zero-order valence-electron chi connectivity index (χ0n) is 16.1. The predicted octanol–water partition coefficient (Wildman–Crippen LogP) is 1.23. The third kappa shape index (κ3) is 3.58. The Labute approximate surface area is 156 Å². The highest BCUT2D eigenvalue weighted by molar-refractivity contribution is 5.98. The van der Waals surface area contributed by atoms with Crippen LogP contribution in [0.15, 0.2) is 29.2 Å². The minimum absolute atomic E-state index is 0.186. The van der Waals surface area contributed by atoms with Crippen LogP contribution < -0.4 is 5.56 Å². The average Bonchev–Trinajstić information content (AvgIpc) is 2.99. The van der Waals surface area contributed by atoms with E-state index < -0.39 is 0 Å². The third-order valence-electron chi connectivity index (χ3n) is 4.58. The van der Waals surface area contributed by atoms with Crippen LogP contribution in [0, 0.1) is 6.92 Å². The van der Waals surface area contributed by atoms with Crippen LogP contribution in [0.3, 0.4) is 0 Å². The molecule has 0 aliphatic heterocycles. The number of aromatic nitrogens is 3. The number of methoxy groups -OCH3 is 2. The summed E-state index contributed by atoms with van der Waals surface area (Å²) in [5.74, 6) is -0.186. The maximum atomic E-state index is 13.1. The number of carbonyl (C=O) groups is 1. The molecular formula is C19H24N4O4. The lowest BCUT2D eigenvalue weighted by Crippen LogP contribution is -2.37. The van der Waals surface area contributed by atoms with Crippen molar-refractivity contribution in [1.29, 1.82) is 0 Å². The van der Waals surface area contributed by atoms with E-state index in [9.17, 15) is 9.59 Å². The number of carbonyl (C=O) groups excluding carboxylic acids is 1. The first-order valence-electron chi connectivity index (χ1n) is 8.73. The van der Waals surface area contributed by atoms with Crippen molar-refractivity contribution in [3.05, 3.63) is 46.0 Å². The Morgan fingerprint density at radius 3 is 2.48 bits per heavy atom. The molecule has 1 amide bonds. The Hall–Kier alpha value is -2.71. The molecule has 8 nitrogen and oxygen atoms in total. The number of ether oxygens (including phenoxy) is 2. The summed E-state index contributed by atoms with van der Waals surface area (Å²) in [7, 11) is 4.93. The van der Waals surface area contributed by atoms with Gasteiger partial charge in [0.05, 0.1) is 18.6 Å². The van der Waals surface area contributed by atoms with Crippen LogP contribution in [-0.4, -0.2) is 65.3 Å². The van der Waals surface area contributed by atoms with Gasteiger partial charge in [-0.1, -0.05) is 6.07 Å². The topological polar surface area (TPSA) is 78.1 Å². The van der Waals surface area contributed by atoms with Crippen molar-refractivity contribution in [3.63, 3.8) is 0 Å². The van der Waals surface area contributed by atoms with Crippen molar-refractivity contribution in [2.24, 2.45) is 7.05 Å². The zero-order valence-corrected chi connectivity index (χ0v) is 16.1. The first-order chi connectivity index (χ1) is 13.0. The Bertz CT molecular complexity index is 1030. The van der Waals surface area contributed by atoms with Crippen LogP contribution in [0.1, 0.15) is 16.1 Å². The second-order valence-electron chi connectivity index (χ2n) is 6.46. The standard InChI is InChI=1S/C19H24N4O4/c1-13-5-6-16-20-17-14(18(24)23(16)12-13)11-15(21(17)2)19(25)22(7-9-26-3)8-10-27-4/h5-6,11-12H,7-10H2,1-4H3. The van der Waals surface area contributed by atoms with Crippen molar-refractivity contribution in [2.75, 3.05) is 40.5 Å². The zero-order chi connectivity index (χ0) is 19.6. The minimum Gasteiger partial charge on any atom is -0.383 e. The van der Waals surface area contributed by atoms with Crippen molar-refractivity contribution in [2.45, 2.75) is 6.92 Å². The van der Waals surface area contributed by atoms with Gasteiger partial charge in [0.15, 0.2) is 0 Å². The fraction of sp³-hybridized carbons (Fsp3) is 0.421. The number of amides is 1. The maximum Gasteiger partial charge on any atom is 0.270 e. The number of hydrogen-bond donors (Lipinski definition) is 0. The van der Waals surface area contributed by atoms with E-state index in [-0.39, 0.29) is 11.5 Å². The summed E-state index contributed by atoms with van der Waals surface area (Å²) < 4.78 is 13.4. The molecule has 3 aromatic rings. The van der Waals surface area contributed by atoms with E-state index >= 15 is 0 Å². The van der Waals surface area contributed by atoms with Gasteiger partial charge in [0.25, 0.3) is 11.5 Å². The Kier molecular flexibility index (Phi) is 5.57. The number of aryl methyl sites for hydroxylation is 2. The summed E-state index contributed by atoms with van der Waals surface area (Å²) in [4.78, 5) is 32.2. The van der Waals surface area contributed by atoms with Gasteiger partial charge in [-0.25, -0.2) is 4.98 Å². The molecule has 0 unspecified atom stereocenters. The third-order valence-corrected chi connectivity index (χ3v) is 4.58. The quantitative estimate of drug-likeness (QED) is 0.623. The number of hydrogen-bond acceptors (Lipinski definition) is 5. The van der Waals surface area contributed by atoms with Crippen molar-refractivity contribution < 1.29 is 14.3 Å². The number of pyridine rings is 1. The lowest BCUT2D eigenvalue weighted by molar-refractivity contribution is 0.0619. The van der Waals surface area contributed by atoms with E-state index in [2.05, 4.69) is 4.98 Å². The Morgan fingerprint density at radius 2 is 1.85 bits per heavy atom. The Balaban J connectivity index is 2.09. The van der Waals surface area contributed by atoms with Crippen LogP contribution in [0.5, 0.6) is 0 Å². The molecule has 0 radical (unpaired) electrons. The van der Waals surface area contributed by atoms with Gasteiger partial charge in [-0.3, -0.25) is 14.0 Å². The summed E-state index contributed by atoms with van der Waals surface area (Å²) in [6.45, 7) is 3.63. The molecule has 0 N–H and O–H groups in total. The molecule has 0 saturated carbocycles. The van der Waals surface area contributed by atoms with Crippen LogP contribution in [0.2, 0.25) is 0 Å². The first kappa shape index (κ1) is 19.1. The summed E-state index contributed by atoms with van der Waals surface area (Å²) in [6, 6.07) is 5.32. The fourth-order valence-corrected chi connectivity index (χ4v) is 3.06. The van der Waals surface area contributed by atoms with Gasteiger partial charge in [0.2, 0.25) is 0 Å². The van der Waals surface area contributed by atoms with E-state index in [1.807, 2.05) is 13.0 Å². The fourth-order valence-electron chi connectivity index (χ4n) is 3.06. The predicted molar refractivity (Wildman–Crippen MR) is 102 cm³/mol. The number of nitrogens with zero attached hydrogens (tertiary/aromatic N) is 4. The Morgan fingerprint density at radius 1 is 1.19 bits per heavy atom. The van der Waals surface area contributed by atoms with Crippen LogP contribution in [0.4, 0.5) is 0 Å². The number of rotatable bonds is 7. The second-order valence-corrected chi connectivity index (χ2v) is 6.46. The van der Waals surface area contributed by atoms with Gasteiger partial charge in [0.1, 0.15) is 17.0 Å². The molecule has 27 heavy (non-hydrogen) atoms. The molecule has 8 heteroatoms. The normalized spacial score (nSPS) is 11.4. The highest BCUT2D eigenvalue weighted by Gasteiger charge is 2.22. The lowest BCUT2D eigenvalue weighted by atomic mass is 10.3. The highest BCUT2D eigenvalue weighted by atomic mass is 16.5. The summed E-state index contributed by atoms with van der Waals surface area (Å²) >= 11 is 0. The average molecular weight is 372 g/mol. The van der Waals surface area contributed by atoms with E-state index in [4.69, 9.17) is 9.47 Å². The van der Waals surface area contributed by atoms with Crippen molar-refractivity contribution in [3.8, 4) is 0 Å². The molecule has 0 spiro atoms. The molecule has 0 fully saturated rings. The molecule has 3 aromatic heterocycles. The van der Waals surface area contributed by atoms with Gasteiger partial charge in [-0.05, 0) is 24.6 Å². The van der Waals surface area contributed by atoms with E-state index in [0.29, 0.717) is 48.7 Å². The molecule has 0 aliphatic carbocycles. The van der Waals surface area contributed by atoms with Crippen LogP contribution >= 0.6 is 0 Å². The first-order valence-corrected chi connectivity index (χ1v) is 8.73. The van der Waals surface area contributed by atoms with Gasteiger partial charge in [-0.2, -0.15) is 0 Å². The SMILES string of the molecule is COCCN(CCOC)C(=O)c1cc2c(=O)n3cc(C)ccc3nc2n1C. The monoisotopic (exact) mass is 372 g/mol. The molecule has 0 atom stereocenters. The van der Waals surface area contributed by atoms with E-state index in [1.54, 1.807) is 49.1 Å². The molecule has 0 saturated heterocycles. The van der Waals surface area contributed by atoms with Crippen molar-refractivity contribution in [1.82, 2.24) is 18.9 Å². The van der Waals surface area contributed by atoms with E-state index in [1.165, 1.54) is 4.40 Å². The summed E-state index contributed by atoms with van der Waals surface area (Å²) in [5.41, 5.74) is 2.23. The number of fused-ring (bicyclic) bond motifs is 2. The molecule has 0 bridgehead atoms. The minimum atomic E-state index is -0.186. The molecule has 144 valence electrons. The van der Waals surface area contributed by atoms with Gasteiger partial charge >= 0.3 is 0 Å². The van der Waals surface area contributed by atoms with Gasteiger partial charge < -0.3 is 18.9 Å². The van der Waals surface area contributed by atoms with Gasteiger partial charge in [-0.15, -0.1) is 0 Å². The highest BCUT2D eigenvalue weighted by Crippen LogP contribution is 2.17. The smallest absolute Gasteiger partial charge is 0.270 e. The molecule has 0 aliphatic rings. The van der Waals surface area contributed by atoms with E-state index in [0.717, 1.165) is 5.56 Å². The summed E-state index contributed by atoms with van der Waals surface area (Å²) in [5, 5.41) is 0.419. The van der Waals surface area contributed by atoms with Crippen LogP contribution in [0.25, 0.3) is 16.7 Å². The van der Waals surface area contributed by atoms with Crippen LogP contribution in [-0.2, 0) is 16.5 Å². The van der Waals surface area contributed by atoms with Gasteiger partial charge in [0, 0.05) is 40.6 Å². The lowest BCUT2D eigenvalue weighted by Gasteiger charge is -2.22. The van der Waals surface area contributed by atoms with Crippen molar-refractivity contribution >= 4 is 22.6 Å². The molecular weight excluding hydrogens is 348 g/mol. The second kappa shape index (κ2) is 7.89. The summed E-state index contributed by atoms with van der Waals surface area (Å²) in [6.07, 6.45) is 1.75. The maximum absolute atomic E-state index is 13.1. The largest absolute Gasteiger partial charge is 0.383 e. The molecule has 0 aromatic carbocycles. The molecule has 3 heterocycles.